The van der Waals surface area contributed by atoms with E-state index in [1.54, 1.807) is 0 Å². The third-order valence-corrected chi connectivity index (χ3v) is 4.03. The molecule has 2 N–H and O–H groups in total. The molecule has 102 valence electrons. The average molecular weight is 259 g/mol. The molecular weight excluding hydrogens is 238 g/mol. The molecule has 3 nitrogen and oxygen atoms in total. The summed E-state index contributed by atoms with van der Waals surface area (Å²) in [7, 11) is 0. The van der Waals surface area contributed by atoms with Crippen molar-refractivity contribution >= 4 is 11.0 Å². The van der Waals surface area contributed by atoms with E-state index in [0.29, 0.717) is 6.10 Å². The van der Waals surface area contributed by atoms with Gasteiger partial charge in [-0.2, -0.15) is 0 Å². The Bertz CT molecular complexity index is 575. The summed E-state index contributed by atoms with van der Waals surface area (Å²) in [5, 5.41) is 1.13. The molecule has 1 aromatic heterocycles. The third-order valence-electron chi connectivity index (χ3n) is 4.03. The summed E-state index contributed by atoms with van der Waals surface area (Å²) in [6, 6.07) is 8.03. The first-order valence-electron chi connectivity index (χ1n) is 7.12. The highest BCUT2D eigenvalue weighted by atomic mass is 16.5. The van der Waals surface area contributed by atoms with Gasteiger partial charge in [0.1, 0.15) is 11.3 Å². The van der Waals surface area contributed by atoms with E-state index in [0.717, 1.165) is 41.6 Å². The number of para-hydroxylation sites is 1. The van der Waals surface area contributed by atoms with Crippen LogP contribution < -0.4 is 5.73 Å². The summed E-state index contributed by atoms with van der Waals surface area (Å²) in [5.41, 5.74) is 8.53. The van der Waals surface area contributed by atoms with Gasteiger partial charge in [0, 0.05) is 17.4 Å². The lowest BCUT2D eigenvalue weighted by atomic mass is 9.96. The van der Waals surface area contributed by atoms with E-state index in [9.17, 15) is 0 Å². The van der Waals surface area contributed by atoms with E-state index in [4.69, 9.17) is 14.9 Å². The Kier molecular flexibility index (Phi) is 3.33. The van der Waals surface area contributed by atoms with Gasteiger partial charge in [-0.25, -0.2) is 0 Å². The number of nitrogens with two attached hydrogens (primary N) is 1. The Morgan fingerprint density at radius 1 is 1.32 bits per heavy atom. The Labute approximate surface area is 113 Å². The van der Waals surface area contributed by atoms with E-state index in [-0.39, 0.29) is 12.1 Å². The summed E-state index contributed by atoms with van der Waals surface area (Å²) >= 11 is 0. The standard InChI is InChI=1S/C16H21NO2/c1-3-12-15(11-6-4-5-7-13(11)19-12)16(17)14-9-8-10(2)18-14/h4-7,10,14,16H,3,8-9,17H2,1-2H3. The zero-order chi connectivity index (χ0) is 13.4. The predicted octanol–water partition coefficient (Wildman–Crippen LogP) is 3.56. The second kappa shape index (κ2) is 4.99. The molecule has 1 aliphatic heterocycles. The van der Waals surface area contributed by atoms with Gasteiger partial charge in [-0.1, -0.05) is 25.1 Å². The number of hydrogen-bond acceptors (Lipinski definition) is 3. The fraction of sp³-hybridized carbons (Fsp3) is 0.500. The highest BCUT2D eigenvalue weighted by molar-refractivity contribution is 5.82. The first kappa shape index (κ1) is 12.7. The SMILES string of the molecule is CCc1oc2ccccc2c1C(N)C1CCC(C)O1. The normalized spacial score (nSPS) is 25.0. The fourth-order valence-electron chi connectivity index (χ4n) is 3.03. The Morgan fingerprint density at radius 2 is 2.11 bits per heavy atom. The minimum Gasteiger partial charge on any atom is -0.461 e. The smallest absolute Gasteiger partial charge is 0.134 e. The lowest BCUT2D eigenvalue weighted by molar-refractivity contribution is 0.0400. The molecule has 3 atom stereocenters. The minimum absolute atomic E-state index is 0.0939. The van der Waals surface area contributed by atoms with Crippen molar-refractivity contribution in [3.8, 4) is 0 Å². The second-order valence-corrected chi connectivity index (χ2v) is 5.38. The predicted molar refractivity (Wildman–Crippen MR) is 76.1 cm³/mol. The van der Waals surface area contributed by atoms with Crippen LogP contribution in [0.2, 0.25) is 0 Å². The molecule has 2 heterocycles. The third kappa shape index (κ3) is 2.17. The van der Waals surface area contributed by atoms with Crippen molar-refractivity contribution in [2.75, 3.05) is 0 Å². The molecule has 2 aromatic rings. The van der Waals surface area contributed by atoms with Gasteiger partial charge in [-0.15, -0.1) is 0 Å². The van der Waals surface area contributed by atoms with Crippen LogP contribution in [0.15, 0.2) is 28.7 Å². The summed E-state index contributed by atoms with van der Waals surface area (Å²) in [6.45, 7) is 4.22. The molecule has 3 unspecified atom stereocenters. The van der Waals surface area contributed by atoms with Crippen molar-refractivity contribution in [2.24, 2.45) is 5.73 Å². The number of benzene rings is 1. The molecule has 3 heteroatoms. The van der Waals surface area contributed by atoms with Crippen LogP contribution in [0, 0.1) is 0 Å². The van der Waals surface area contributed by atoms with Gasteiger partial charge < -0.3 is 14.9 Å². The lowest BCUT2D eigenvalue weighted by Crippen LogP contribution is -2.27. The van der Waals surface area contributed by atoms with Crippen LogP contribution in [-0.4, -0.2) is 12.2 Å². The van der Waals surface area contributed by atoms with Crippen LogP contribution in [0.5, 0.6) is 0 Å². The topological polar surface area (TPSA) is 48.4 Å². The van der Waals surface area contributed by atoms with Crippen LogP contribution in [0.25, 0.3) is 11.0 Å². The van der Waals surface area contributed by atoms with Gasteiger partial charge in [0.15, 0.2) is 0 Å². The largest absolute Gasteiger partial charge is 0.461 e. The highest BCUT2D eigenvalue weighted by Crippen LogP contribution is 2.36. The van der Waals surface area contributed by atoms with Gasteiger partial charge >= 0.3 is 0 Å². The number of furan rings is 1. The maximum atomic E-state index is 6.46. The Hall–Kier alpha value is -1.32. The van der Waals surface area contributed by atoms with E-state index in [1.807, 2.05) is 18.2 Å². The number of rotatable bonds is 3. The van der Waals surface area contributed by atoms with Gasteiger partial charge in [-0.3, -0.25) is 0 Å². The maximum absolute atomic E-state index is 6.46. The van der Waals surface area contributed by atoms with Crippen molar-refractivity contribution in [2.45, 2.75) is 51.4 Å². The summed E-state index contributed by atoms with van der Waals surface area (Å²) < 4.78 is 11.8. The van der Waals surface area contributed by atoms with Crippen LogP contribution in [-0.2, 0) is 11.2 Å². The van der Waals surface area contributed by atoms with E-state index in [2.05, 4.69) is 19.9 Å². The van der Waals surface area contributed by atoms with Crippen LogP contribution in [0.1, 0.15) is 44.1 Å². The number of ether oxygens (including phenoxy) is 1. The fourth-order valence-corrected chi connectivity index (χ4v) is 3.03. The number of hydrogen-bond donors (Lipinski definition) is 1. The van der Waals surface area contributed by atoms with E-state index >= 15 is 0 Å². The quantitative estimate of drug-likeness (QED) is 0.916. The Morgan fingerprint density at radius 3 is 2.79 bits per heavy atom. The highest BCUT2D eigenvalue weighted by Gasteiger charge is 2.31. The number of fused-ring (bicyclic) bond motifs is 1. The minimum atomic E-state index is -0.0939. The molecule has 0 saturated carbocycles. The number of aryl methyl sites for hydroxylation is 1. The molecule has 0 spiro atoms. The molecule has 0 aliphatic carbocycles. The monoisotopic (exact) mass is 259 g/mol. The lowest BCUT2D eigenvalue weighted by Gasteiger charge is -2.20. The van der Waals surface area contributed by atoms with E-state index in [1.165, 1.54) is 0 Å². The van der Waals surface area contributed by atoms with Crippen molar-refractivity contribution in [3.63, 3.8) is 0 Å². The molecule has 0 bridgehead atoms. The zero-order valence-corrected chi connectivity index (χ0v) is 11.6. The van der Waals surface area contributed by atoms with E-state index < -0.39 is 0 Å². The van der Waals surface area contributed by atoms with Crippen LogP contribution in [0.3, 0.4) is 0 Å². The van der Waals surface area contributed by atoms with Crippen molar-refractivity contribution in [1.82, 2.24) is 0 Å². The molecule has 0 amide bonds. The Balaban J connectivity index is 2.03. The molecule has 0 radical (unpaired) electrons. The van der Waals surface area contributed by atoms with Gasteiger partial charge in [0.05, 0.1) is 18.2 Å². The molecule has 19 heavy (non-hydrogen) atoms. The first-order chi connectivity index (χ1) is 9.20. The average Bonchev–Trinajstić information content (AvgIpc) is 3.01. The molecule has 1 aliphatic rings. The molecule has 3 rings (SSSR count). The first-order valence-corrected chi connectivity index (χ1v) is 7.12. The van der Waals surface area contributed by atoms with Crippen LogP contribution in [0.4, 0.5) is 0 Å². The molecular formula is C16H21NO2. The zero-order valence-electron chi connectivity index (χ0n) is 11.6. The summed E-state index contributed by atoms with van der Waals surface area (Å²) in [5.74, 6) is 0.997. The van der Waals surface area contributed by atoms with Gasteiger partial charge in [0.2, 0.25) is 0 Å². The maximum Gasteiger partial charge on any atom is 0.134 e. The summed E-state index contributed by atoms with van der Waals surface area (Å²) in [6.07, 6.45) is 3.42. The molecule has 1 aromatic carbocycles. The van der Waals surface area contributed by atoms with Crippen molar-refractivity contribution in [3.05, 3.63) is 35.6 Å². The van der Waals surface area contributed by atoms with Gasteiger partial charge in [-0.05, 0) is 25.8 Å². The molecule has 1 saturated heterocycles. The van der Waals surface area contributed by atoms with Crippen molar-refractivity contribution in [1.29, 1.82) is 0 Å². The van der Waals surface area contributed by atoms with Crippen LogP contribution >= 0.6 is 0 Å². The second-order valence-electron chi connectivity index (χ2n) is 5.38. The molecule has 1 fully saturated rings. The van der Waals surface area contributed by atoms with Gasteiger partial charge in [0.25, 0.3) is 0 Å². The van der Waals surface area contributed by atoms with Crippen molar-refractivity contribution < 1.29 is 9.15 Å². The summed E-state index contributed by atoms with van der Waals surface area (Å²) in [4.78, 5) is 0.